The molecule has 0 radical (unpaired) electrons. The van der Waals surface area contributed by atoms with E-state index in [9.17, 15) is 9.59 Å². The lowest BCUT2D eigenvalue weighted by Gasteiger charge is -2.31. The molecule has 4 heterocycles. The second-order valence-corrected chi connectivity index (χ2v) is 9.28. The zero-order valence-corrected chi connectivity index (χ0v) is 20.4. The number of ketones is 1. The van der Waals surface area contributed by atoms with Crippen LogP contribution in [0.3, 0.4) is 0 Å². The lowest BCUT2D eigenvalue weighted by atomic mass is 10.0. The van der Waals surface area contributed by atoms with Crippen molar-refractivity contribution in [2.45, 2.75) is 24.9 Å². The second kappa shape index (κ2) is 11.1. The van der Waals surface area contributed by atoms with Crippen LogP contribution in [0.2, 0.25) is 5.02 Å². The zero-order chi connectivity index (χ0) is 24.9. The molecule has 36 heavy (non-hydrogen) atoms. The predicted octanol–water partition coefficient (Wildman–Crippen LogP) is 1.84. The molecule has 1 aromatic carbocycles. The molecule has 0 aliphatic carbocycles. The molecule has 0 N–H and O–H groups in total. The first-order valence-corrected chi connectivity index (χ1v) is 12.2. The van der Waals surface area contributed by atoms with Crippen molar-refractivity contribution in [1.82, 2.24) is 35.0 Å². The Labute approximate surface area is 213 Å². The highest BCUT2D eigenvalue weighted by Gasteiger charge is 2.41. The number of hydrogen-bond donors (Lipinski definition) is 0. The maximum absolute atomic E-state index is 13.4. The van der Waals surface area contributed by atoms with Crippen molar-refractivity contribution >= 4 is 29.4 Å². The van der Waals surface area contributed by atoms with Crippen molar-refractivity contribution in [3.05, 3.63) is 71.3 Å². The van der Waals surface area contributed by atoms with Crippen LogP contribution in [0.4, 0.5) is 0 Å². The molecule has 0 unspecified atom stereocenters. The fraction of sp³-hybridized carbons (Fsp3) is 0.360. The highest BCUT2D eigenvalue weighted by Crippen LogP contribution is 2.26. The van der Waals surface area contributed by atoms with Gasteiger partial charge in [0.15, 0.2) is 5.78 Å². The lowest BCUT2D eigenvalue weighted by Crippen LogP contribution is -2.45. The van der Waals surface area contributed by atoms with Gasteiger partial charge in [-0.1, -0.05) is 17.7 Å². The smallest absolute Gasteiger partial charge is 0.247 e. The molecular weight excluding hydrogens is 482 g/mol. The number of nitrogens with zero attached hydrogens (tertiary/aromatic N) is 7. The fourth-order valence-electron chi connectivity index (χ4n) is 4.79. The minimum absolute atomic E-state index is 0.0117. The normalized spacial score (nSPS) is 20.8. The predicted molar refractivity (Wildman–Crippen MR) is 132 cm³/mol. The average Bonchev–Trinajstić information content (AvgIpc) is 3.59. The van der Waals surface area contributed by atoms with E-state index in [-0.39, 0.29) is 24.2 Å². The highest BCUT2D eigenvalue weighted by atomic mass is 35.5. The average molecular weight is 508 g/mol. The summed E-state index contributed by atoms with van der Waals surface area (Å²) >= 11 is 6.21. The number of benzene rings is 1. The molecule has 2 aromatic heterocycles. The second-order valence-electron chi connectivity index (χ2n) is 8.84. The van der Waals surface area contributed by atoms with Crippen LogP contribution >= 0.6 is 11.6 Å². The molecule has 2 aliphatic rings. The van der Waals surface area contributed by atoms with Crippen molar-refractivity contribution in [3.8, 4) is 5.69 Å². The summed E-state index contributed by atoms with van der Waals surface area (Å²) in [6, 6.07) is 8.56. The molecule has 10 nitrogen and oxygen atoms in total. The minimum Gasteiger partial charge on any atom is -0.379 e. The lowest BCUT2D eigenvalue weighted by molar-refractivity contribution is -0.133. The first kappa shape index (κ1) is 24.2. The van der Waals surface area contributed by atoms with Gasteiger partial charge in [0, 0.05) is 61.2 Å². The molecule has 2 atom stereocenters. The summed E-state index contributed by atoms with van der Waals surface area (Å²) in [4.78, 5) is 34.9. The molecule has 0 saturated carbocycles. The van der Waals surface area contributed by atoms with Crippen LogP contribution in [0.25, 0.3) is 11.8 Å². The molecule has 1 amide bonds. The summed E-state index contributed by atoms with van der Waals surface area (Å²) in [5.74, 6) is -0.212. The first-order chi connectivity index (χ1) is 17.6. The van der Waals surface area contributed by atoms with Crippen LogP contribution in [0, 0.1) is 0 Å². The quantitative estimate of drug-likeness (QED) is 0.446. The molecule has 2 aliphatic heterocycles. The summed E-state index contributed by atoms with van der Waals surface area (Å²) < 4.78 is 7.00. The van der Waals surface area contributed by atoms with Gasteiger partial charge in [-0.05, 0) is 52.8 Å². The van der Waals surface area contributed by atoms with Crippen molar-refractivity contribution in [2.24, 2.45) is 0 Å². The van der Waals surface area contributed by atoms with E-state index in [4.69, 9.17) is 16.3 Å². The van der Waals surface area contributed by atoms with Gasteiger partial charge in [0.2, 0.25) is 5.91 Å². The van der Waals surface area contributed by atoms with Gasteiger partial charge in [0.25, 0.3) is 0 Å². The Balaban J connectivity index is 1.37. The van der Waals surface area contributed by atoms with Gasteiger partial charge in [-0.25, -0.2) is 0 Å². The molecule has 2 fully saturated rings. The third kappa shape index (κ3) is 5.51. The summed E-state index contributed by atoms with van der Waals surface area (Å²) in [5.41, 5.74) is 2.21. The van der Waals surface area contributed by atoms with E-state index in [1.54, 1.807) is 41.6 Å². The number of halogens is 1. The van der Waals surface area contributed by atoms with Crippen molar-refractivity contribution in [3.63, 3.8) is 0 Å². The van der Waals surface area contributed by atoms with Crippen molar-refractivity contribution in [1.29, 1.82) is 0 Å². The molecule has 186 valence electrons. The van der Waals surface area contributed by atoms with Crippen LogP contribution in [0.1, 0.15) is 17.5 Å². The number of morpholine rings is 1. The number of amides is 1. The molecule has 0 spiro atoms. The molecule has 3 aromatic rings. The summed E-state index contributed by atoms with van der Waals surface area (Å²) in [6.07, 6.45) is 8.87. The number of hydrogen-bond acceptors (Lipinski definition) is 8. The number of aromatic nitrogens is 5. The van der Waals surface area contributed by atoms with E-state index >= 15 is 0 Å². The number of pyridine rings is 1. The monoisotopic (exact) mass is 507 g/mol. The van der Waals surface area contributed by atoms with E-state index in [1.165, 1.54) is 17.1 Å². The van der Waals surface area contributed by atoms with E-state index in [0.29, 0.717) is 42.5 Å². The number of ether oxygens (including phenoxy) is 1. The van der Waals surface area contributed by atoms with Crippen molar-refractivity contribution < 1.29 is 14.3 Å². The number of tetrazole rings is 1. The third-order valence-electron chi connectivity index (χ3n) is 6.59. The zero-order valence-electron chi connectivity index (χ0n) is 19.6. The van der Waals surface area contributed by atoms with Gasteiger partial charge < -0.3 is 9.64 Å². The van der Waals surface area contributed by atoms with Crippen LogP contribution in [-0.2, 0) is 20.7 Å². The maximum Gasteiger partial charge on any atom is 0.247 e. The molecule has 11 heteroatoms. The Hall–Kier alpha value is -3.47. The Morgan fingerprint density at radius 3 is 2.81 bits per heavy atom. The first-order valence-electron chi connectivity index (χ1n) is 11.8. The number of likely N-dealkylation sites (tertiary alicyclic amines) is 1. The van der Waals surface area contributed by atoms with Gasteiger partial charge in [-0.2, -0.15) is 4.68 Å². The third-order valence-corrected chi connectivity index (χ3v) is 6.82. The van der Waals surface area contributed by atoms with Gasteiger partial charge in [0.1, 0.15) is 6.33 Å². The van der Waals surface area contributed by atoms with Crippen LogP contribution in [0.5, 0.6) is 0 Å². The molecule has 5 rings (SSSR count). The van der Waals surface area contributed by atoms with E-state index < -0.39 is 6.04 Å². The Kier molecular flexibility index (Phi) is 7.45. The van der Waals surface area contributed by atoms with E-state index in [2.05, 4.69) is 25.4 Å². The maximum atomic E-state index is 13.4. The topological polar surface area (TPSA) is 106 Å². The Morgan fingerprint density at radius 1 is 1.19 bits per heavy atom. The van der Waals surface area contributed by atoms with Crippen molar-refractivity contribution in [2.75, 3.05) is 32.8 Å². The molecule has 0 bridgehead atoms. The van der Waals surface area contributed by atoms with E-state index in [1.807, 2.05) is 12.1 Å². The minimum atomic E-state index is -0.506. The summed E-state index contributed by atoms with van der Waals surface area (Å²) in [5, 5.41) is 11.8. The standard InChI is InChI=1S/C25H26ClN7O3/c26-20-4-5-22(33-17-28-29-30-33)19(13-20)3-6-25(35)32-16-21(31-8-10-36-11-9-31)14-23(32)24(34)12-18-2-1-7-27-15-18/h1-7,13,15,17,21,23H,8-12,14,16H2/b6-3+/t21-,23-/m0/s1. The van der Waals surface area contributed by atoms with Crippen LogP contribution < -0.4 is 0 Å². The largest absolute Gasteiger partial charge is 0.379 e. The van der Waals surface area contributed by atoms with Crippen LogP contribution in [0.15, 0.2) is 55.1 Å². The van der Waals surface area contributed by atoms with E-state index in [0.717, 1.165) is 18.7 Å². The van der Waals surface area contributed by atoms with Gasteiger partial charge in [0.05, 0.1) is 24.9 Å². The molecular formula is C25H26ClN7O3. The Morgan fingerprint density at radius 2 is 2.06 bits per heavy atom. The number of carbonyl (C=O) groups excluding carboxylic acids is 2. The van der Waals surface area contributed by atoms with Crippen LogP contribution in [-0.4, -0.2) is 91.6 Å². The SMILES string of the molecule is O=C(Cc1cccnc1)[C@@H]1C[C@H](N2CCOCC2)CN1C(=O)/C=C/c1cc(Cl)ccc1-n1cnnn1. The summed E-state index contributed by atoms with van der Waals surface area (Å²) in [6.45, 7) is 3.40. The molecule has 2 saturated heterocycles. The number of carbonyl (C=O) groups is 2. The highest BCUT2D eigenvalue weighted by molar-refractivity contribution is 6.30. The number of Topliss-reactive ketones (excluding diaryl/α,β-unsaturated/α-hetero) is 1. The number of rotatable bonds is 7. The van der Waals surface area contributed by atoms with Gasteiger partial charge >= 0.3 is 0 Å². The van der Waals surface area contributed by atoms with Gasteiger partial charge in [-0.15, -0.1) is 5.10 Å². The fourth-order valence-corrected chi connectivity index (χ4v) is 4.97. The Bertz CT molecular complexity index is 1230. The summed E-state index contributed by atoms with van der Waals surface area (Å²) in [7, 11) is 0. The van der Waals surface area contributed by atoms with Gasteiger partial charge in [-0.3, -0.25) is 19.5 Å².